The van der Waals surface area contributed by atoms with E-state index in [4.69, 9.17) is 0 Å². The van der Waals surface area contributed by atoms with Gasteiger partial charge in [-0.25, -0.2) is 0 Å². The van der Waals surface area contributed by atoms with Gasteiger partial charge in [0.25, 0.3) is 0 Å². The topological polar surface area (TPSA) is 55.8 Å². The fourth-order valence-electron chi connectivity index (χ4n) is 3.39. The number of nitrogens with one attached hydrogen (secondary N) is 1. The van der Waals surface area contributed by atoms with E-state index < -0.39 is 12.0 Å². The zero-order valence-corrected chi connectivity index (χ0v) is 12.7. The fraction of sp³-hybridized carbons (Fsp3) is 0.933. The average molecular weight is 283 g/mol. The summed E-state index contributed by atoms with van der Waals surface area (Å²) in [6.45, 7) is 7.69. The van der Waals surface area contributed by atoms with E-state index >= 15 is 0 Å². The molecule has 2 rings (SSSR count). The van der Waals surface area contributed by atoms with Crippen LogP contribution in [0.2, 0.25) is 0 Å². The lowest BCUT2D eigenvalue weighted by Crippen LogP contribution is -2.54. The molecule has 0 aromatic heterocycles. The maximum atomic E-state index is 11.3. The Morgan fingerprint density at radius 1 is 1.25 bits per heavy atom. The minimum absolute atomic E-state index is 0.423. The van der Waals surface area contributed by atoms with E-state index in [1.165, 1.54) is 25.7 Å². The molecular weight excluding hydrogens is 254 g/mol. The number of nitrogens with zero attached hydrogens (tertiary/aromatic N) is 2. The van der Waals surface area contributed by atoms with Gasteiger partial charge in [-0.2, -0.15) is 0 Å². The Morgan fingerprint density at radius 3 is 2.45 bits per heavy atom. The Bertz CT molecular complexity index is 297. The molecule has 0 aromatic rings. The van der Waals surface area contributed by atoms with Crippen LogP contribution in [0.3, 0.4) is 0 Å². The Kier molecular flexibility index (Phi) is 6.26. The third kappa shape index (κ3) is 4.43. The summed E-state index contributed by atoms with van der Waals surface area (Å²) < 4.78 is 0. The second-order valence-corrected chi connectivity index (χ2v) is 6.12. The van der Waals surface area contributed by atoms with Gasteiger partial charge in [-0.3, -0.25) is 14.6 Å². The first-order valence-electron chi connectivity index (χ1n) is 8.13. The van der Waals surface area contributed by atoms with Gasteiger partial charge >= 0.3 is 5.97 Å². The first kappa shape index (κ1) is 15.7. The van der Waals surface area contributed by atoms with E-state index in [-0.39, 0.29) is 0 Å². The Balaban J connectivity index is 1.73. The summed E-state index contributed by atoms with van der Waals surface area (Å²) in [5.41, 5.74) is 0. The molecule has 116 valence electrons. The van der Waals surface area contributed by atoms with E-state index in [2.05, 4.69) is 22.0 Å². The molecule has 20 heavy (non-hydrogen) atoms. The van der Waals surface area contributed by atoms with Gasteiger partial charge < -0.3 is 10.4 Å². The highest BCUT2D eigenvalue weighted by Crippen LogP contribution is 2.24. The van der Waals surface area contributed by atoms with Gasteiger partial charge in [-0.05, 0) is 25.8 Å². The van der Waals surface area contributed by atoms with E-state index in [1.54, 1.807) is 0 Å². The van der Waals surface area contributed by atoms with Crippen molar-refractivity contribution < 1.29 is 9.90 Å². The van der Waals surface area contributed by atoms with E-state index in [9.17, 15) is 9.90 Å². The molecule has 0 aromatic carbocycles. The summed E-state index contributed by atoms with van der Waals surface area (Å²) in [6, 6.07) is 0.374. The molecule has 1 heterocycles. The quantitative estimate of drug-likeness (QED) is 0.730. The van der Waals surface area contributed by atoms with Gasteiger partial charge in [0, 0.05) is 38.8 Å². The number of rotatable bonds is 7. The number of aliphatic carboxylic acids is 1. The Labute approximate surface area is 122 Å². The highest BCUT2D eigenvalue weighted by molar-refractivity contribution is 5.73. The lowest BCUT2D eigenvalue weighted by atomic mass is 10.1. The average Bonchev–Trinajstić information content (AvgIpc) is 2.98. The number of carboxylic acids is 1. The first-order valence-corrected chi connectivity index (χ1v) is 8.13. The SMILES string of the molecule is CCCNC(CN1CCN(C2CCCC2)CC1)C(=O)O. The number of carbonyl (C=O) groups is 1. The minimum atomic E-state index is -0.725. The number of hydrogen-bond acceptors (Lipinski definition) is 4. The molecule has 1 aliphatic carbocycles. The van der Waals surface area contributed by atoms with Crippen molar-refractivity contribution >= 4 is 5.97 Å². The maximum Gasteiger partial charge on any atom is 0.322 e. The predicted molar refractivity (Wildman–Crippen MR) is 80.0 cm³/mol. The van der Waals surface area contributed by atoms with Crippen LogP contribution in [0.5, 0.6) is 0 Å². The minimum Gasteiger partial charge on any atom is -0.480 e. The Hall–Kier alpha value is -0.650. The van der Waals surface area contributed by atoms with Crippen molar-refractivity contribution in [1.29, 1.82) is 0 Å². The maximum absolute atomic E-state index is 11.3. The molecule has 1 saturated carbocycles. The molecule has 5 nitrogen and oxygen atoms in total. The third-order valence-electron chi connectivity index (χ3n) is 4.63. The molecule has 2 fully saturated rings. The summed E-state index contributed by atoms with van der Waals surface area (Å²) >= 11 is 0. The highest BCUT2D eigenvalue weighted by Gasteiger charge is 2.28. The van der Waals surface area contributed by atoms with Crippen LogP contribution in [-0.2, 0) is 4.79 Å². The molecule has 2 aliphatic rings. The van der Waals surface area contributed by atoms with Crippen LogP contribution in [-0.4, -0.2) is 72.2 Å². The van der Waals surface area contributed by atoms with Crippen molar-refractivity contribution in [2.75, 3.05) is 39.3 Å². The second-order valence-electron chi connectivity index (χ2n) is 6.12. The summed E-state index contributed by atoms with van der Waals surface area (Å²) in [5.74, 6) is -0.725. The van der Waals surface area contributed by atoms with Crippen LogP contribution in [0, 0.1) is 0 Å². The third-order valence-corrected chi connectivity index (χ3v) is 4.63. The summed E-state index contributed by atoms with van der Waals surface area (Å²) in [5, 5.41) is 12.4. The molecule has 1 saturated heterocycles. The van der Waals surface area contributed by atoms with Crippen molar-refractivity contribution in [3.8, 4) is 0 Å². The van der Waals surface area contributed by atoms with Crippen molar-refractivity contribution in [2.24, 2.45) is 0 Å². The summed E-state index contributed by atoms with van der Waals surface area (Å²) in [7, 11) is 0. The van der Waals surface area contributed by atoms with Crippen LogP contribution >= 0.6 is 0 Å². The number of hydrogen-bond donors (Lipinski definition) is 2. The van der Waals surface area contributed by atoms with Crippen LogP contribution < -0.4 is 5.32 Å². The molecule has 2 N–H and O–H groups in total. The monoisotopic (exact) mass is 283 g/mol. The fourth-order valence-corrected chi connectivity index (χ4v) is 3.39. The molecule has 1 aliphatic heterocycles. The van der Waals surface area contributed by atoms with Crippen LogP contribution in [0.15, 0.2) is 0 Å². The zero-order valence-electron chi connectivity index (χ0n) is 12.7. The van der Waals surface area contributed by atoms with Gasteiger partial charge in [-0.15, -0.1) is 0 Å². The molecule has 1 atom stereocenters. The smallest absolute Gasteiger partial charge is 0.322 e. The molecule has 0 radical (unpaired) electrons. The molecule has 0 spiro atoms. The van der Waals surface area contributed by atoms with Gasteiger partial charge in [-0.1, -0.05) is 19.8 Å². The van der Waals surface area contributed by atoms with Crippen LogP contribution in [0.1, 0.15) is 39.0 Å². The van der Waals surface area contributed by atoms with Gasteiger partial charge in [0.2, 0.25) is 0 Å². The van der Waals surface area contributed by atoms with Crippen LogP contribution in [0.25, 0.3) is 0 Å². The largest absolute Gasteiger partial charge is 0.480 e. The molecule has 5 heteroatoms. The van der Waals surface area contributed by atoms with Gasteiger partial charge in [0.15, 0.2) is 0 Å². The molecule has 0 amide bonds. The van der Waals surface area contributed by atoms with Crippen molar-refractivity contribution in [3.63, 3.8) is 0 Å². The molecular formula is C15H29N3O2. The van der Waals surface area contributed by atoms with E-state index in [1.807, 2.05) is 0 Å². The summed E-state index contributed by atoms with van der Waals surface area (Å²) in [6.07, 6.45) is 6.45. The Morgan fingerprint density at radius 2 is 1.90 bits per heavy atom. The van der Waals surface area contributed by atoms with E-state index in [0.717, 1.165) is 45.2 Å². The molecule has 1 unspecified atom stereocenters. The summed E-state index contributed by atoms with van der Waals surface area (Å²) in [4.78, 5) is 16.2. The molecule has 0 bridgehead atoms. The van der Waals surface area contributed by atoms with E-state index in [0.29, 0.717) is 6.54 Å². The normalized spacial score (nSPS) is 24.1. The zero-order chi connectivity index (χ0) is 14.4. The van der Waals surface area contributed by atoms with Crippen molar-refractivity contribution in [3.05, 3.63) is 0 Å². The van der Waals surface area contributed by atoms with Crippen LogP contribution in [0.4, 0.5) is 0 Å². The lowest BCUT2D eigenvalue weighted by molar-refractivity contribution is -0.140. The second kappa shape index (κ2) is 7.96. The standard InChI is InChI=1S/C15H29N3O2/c1-2-7-16-14(15(19)20)12-17-8-10-18(11-9-17)13-5-3-4-6-13/h13-14,16H,2-12H2,1H3,(H,19,20). The van der Waals surface area contributed by atoms with Crippen molar-refractivity contribution in [1.82, 2.24) is 15.1 Å². The lowest BCUT2D eigenvalue weighted by Gasteiger charge is -2.38. The number of carboxylic acid groups (broad SMARTS) is 1. The van der Waals surface area contributed by atoms with Gasteiger partial charge in [0.1, 0.15) is 6.04 Å². The van der Waals surface area contributed by atoms with Gasteiger partial charge in [0.05, 0.1) is 0 Å². The highest BCUT2D eigenvalue weighted by atomic mass is 16.4. The first-order chi connectivity index (χ1) is 9.70. The van der Waals surface area contributed by atoms with Crippen molar-refractivity contribution in [2.45, 2.75) is 51.1 Å². The predicted octanol–water partition coefficient (Wildman–Crippen LogP) is 0.999. The number of piperazine rings is 1.